The summed E-state index contributed by atoms with van der Waals surface area (Å²) in [7, 11) is 0. The second-order valence-corrected chi connectivity index (χ2v) is 5.86. The summed E-state index contributed by atoms with van der Waals surface area (Å²) in [6.07, 6.45) is 0. The molecule has 3 rings (SSSR count). The van der Waals surface area contributed by atoms with Crippen LogP contribution in [-0.4, -0.2) is 37.0 Å². The standard InChI is InChI=1S/C19H22N2O/c1-15-7-6-10-18(16(15)2)20-11-13-21(14-12-20)19(22)17-8-4-3-5-9-17/h3-10H,11-14H2,1-2H3. The minimum Gasteiger partial charge on any atom is -0.368 e. The van der Waals surface area contributed by atoms with E-state index in [1.54, 1.807) is 0 Å². The molecule has 2 aromatic carbocycles. The Morgan fingerprint density at radius 3 is 2.23 bits per heavy atom. The molecule has 0 radical (unpaired) electrons. The van der Waals surface area contributed by atoms with Gasteiger partial charge >= 0.3 is 0 Å². The predicted molar refractivity (Wildman–Crippen MR) is 90.5 cm³/mol. The molecule has 0 aliphatic carbocycles. The summed E-state index contributed by atoms with van der Waals surface area (Å²) in [5.74, 6) is 0.140. The van der Waals surface area contributed by atoms with Crippen molar-refractivity contribution in [2.24, 2.45) is 0 Å². The van der Waals surface area contributed by atoms with E-state index in [4.69, 9.17) is 0 Å². The predicted octanol–water partition coefficient (Wildman–Crippen LogP) is 3.27. The maximum absolute atomic E-state index is 12.5. The first-order valence-electron chi connectivity index (χ1n) is 7.82. The Labute approximate surface area is 132 Å². The summed E-state index contributed by atoms with van der Waals surface area (Å²) in [6.45, 7) is 7.66. The van der Waals surface area contributed by atoms with Crippen LogP contribution in [0, 0.1) is 13.8 Å². The van der Waals surface area contributed by atoms with E-state index >= 15 is 0 Å². The molecule has 0 N–H and O–H groups in total. The average molecular weight is 294 g/mol. The van der Waals surface area contributed by atoms with Gasteiger partial charge in [0.2, 0.25) is 0 Å². The lowest BCUT2D eigenvalue weighted by molar-refractivity contribution is 0.0747. The average Bonchev–Trinajstić information content (AvgIpc) is 2.58. The van der Waals surface area contributed by atoms with E-state index in [1.807, 2.05) is 35.2 Å². The second-order valence-electron chi connectivity index (χ2n) is 5.86. The molecule has 22 heavy (non-hydrogen) atoms. The quantitative estimate of drug-likeness (QED) is 0.848. The maximum Gasteiger partial charge on any atom is 0.253 e. The molecule has 1 aliphatic rings. The molecule has 0 saturated carbocycles. The number of rotatable bonds is 2. The molecule has 0 aromatic heterocycles. The van der Waals surface area contributed by atoms with Crippen molar-refractivity contribution >= 4 is 11.6 Å². The summed E-state index contributed by atoms with van der Waals surface area (Å²) in [5.41, 5.74) is 4.74. The number of benzene rings is 2. The number of carbonyl (C=O) groups excluding carboxylic acids is 1. The van der Waals surface area contributed by atoms with E-state index in [-0.39, 0.29) is 5.91 Å². The zero-order valence-corrected chi connectivity index (χ0v) is 13.2. The lowest BCUT2D eigenvalue weighted by Crippen LogP contribution is -2.49. The second kappa shape index (κ2) is 6.22. The molecule has 114 valence electrons. The van der Waals surface area contributed by atoms with Crippen molar-refractivity contribution in [3.8, 4) is 0 Å². The maximum atomic E-state index is 12.5. The third-order valence-electron chi connectivity index (χ3n) is 4.50. The minimum atomic E-state index is 0.140. The Bertz CT molecular complexity index is 658. The highest BCUT2D eigenvalue weighted by Gasteiger charge is 2.22. The van der Waals surface area contributed by atoms with E-state index in [0.29, 0.717) is 0 Å². The van der Waals surface area contributed by atoms with Gasteiger partial charge < -0.3 is 9.80 Å². The van der Waals surface area contributed by atoms with Crippen LogP contribution in [0.4, 0.5) is 5.69 Å². The highest BCUT2D eigenvalue weighted by molar-refractivity contribution is 5.94. The van der Waals surface area contributed by atoms with Crippen molar-refractivity contribution in [2.45, 2.75) is 13.8 Å². The third kappa shape index (κ3) is 2.84. The smallest absolute Gasteiger partial charge is 0.253 e. The van der Waals surface area contributed by atoms with Crippen molar-refractivity contribution in [1.29, 1.82) is 0 Å². The first-order chi connectivity index (χ1) is 10.7. The van der Waals surface area contributed by atoms with E-state index in [9.17, 15) is 4.79 Å². The molecule has 1 aliphatic heterocycles. The molecular formula is C19H22N2O. The molecule has 1 fully saturated rings. The van der Waals surface area contributed by atoms with E-state index < -0.39 is 0 Å². The van der Waals surface area contributed by atoms with E-state index in [1.165, 1.54) is 16.8 Å². The summed E-state index contributed by atoms with van der Waals surface area (Å²) in [4.78, 5) is 16.8. The van der Waals surface area contributed by atoms with E-state index in [0.717, 1.165) is 31.7 Å². The first kappa shape index (κ1) is 14.6. The number of carbonyl (C=O) groups is 1. The van der Waals surface area contributed by atoms with Gasteiger partial charge in [0.1, 0.15) is 0 Å². The fraction of sp³-hybridized carbons (Fsp3) is 0.316. The molecule has 3 heteroatoms. The van der Waals surface area contributed by atoms with Crippen molar-refractivity contribution in [3.63, 3.8) is 0 Å². The minimum absolute atomic E-state index is 0.140. The summed E-state index contributed by atoms with van der Waals surface area (Å²) in [5, 5.41) is 0. The van der Waals surface area contributed by atoms with Crippen LogP contribution in [0.5, 0.6) is 0 Å². The molecule has 0 bridgehead atoms. The zero-order valence-electron chi connectivity index (χ0n) is 13.2. The van der Waals surface area contributed by atoms with Crippen LogP contribution in [0.25, 0.3) is 0 Å². The summed E-state index contributed by atoms with van der Waals surface area (Å²) < 4.78 is 0. The molecule has 1 saturated heterocycles. The van der Waals surface area contributed by atoms with Gasteiger partial charge in [0.25, 0.3) is 5.91 Å². The summed E-state index contributed by atoms with van der Waals surface area (Å²) >= 11 is 0. The molecular weight excluding hydrogens is 272 g/mol. The molecule has 1 amide bonds. The number of piperazine rings is 1. The van der Waals surface area contributed by atoms with Gasteiger partial charge in [0.15, 0.2) is 0 Å². The summed E-state index contributed by atoms with van der Waals surface area (Å²) in [6, 6.07) is 16.0. The Kier molecular flexibility index (Phi) is 4.14. The van der Waals surface area contributed by atoms with Crippen molar-refractivity contribution in [3.05, 3.63) is 65.2 Å². The molecule has 3 nitrogen and oxygen atoms in total. The van der Waals surface area contributed by atoms with Gasteiger partial charge in [0, 0.05) is 37.4 Å². The zero-order chi connectivity index (χ0) is 15.5. The van der Waals surface area contributed by atoms with Gasteiger partial charge in [-0.15, -0.1) is 0 Å². The fourth-order valence-electron chi connectivity index (χ4n) is 2.99. The molecule has 1 heterocycles. The molecule has 0 unspecified atom stereocenters. The number of hydrogen-bond donors (Lipinski definition) is 0. The number of anilines is 1. The van der Waals surface area contributed by atoms with Crippen LogP contribution in [0.2, 0.25) is 0 Å². The SMILES string of the molecule is Cc1cccc(N2CCN(C(=O)c3ccccc3)CC2)c1C. The fourth-order valence-corrected chi connectivity index (χ4v) is 2.99. The van der Waals surface area contributed by atoms with Crippen LogP contribution in [0.15, 0.2) is 48.5 Å². The highest BCUT2D eigenvalue weighted by Crippen LogP contribution is 2.24. The Morgan fingerprint density at radius 1 is 0.864 bits per heavy atom. The molecule has 0 spiro atoms. The third-order valence-corrected chi connectivity index (χ3v) is 4.50. The molecule has 0 atom stereocenters. The van der Waals surface area contributed by atoms with Crippen molar-refractivity contribution < 1.29 is 4.79 Å². The van der Waals surface area contributed by atoms with Crippen molar-refractivity contribution in [2.75, 3.05) is 31.1 Å². The highest BCUT2D eigenvalue weighted by atomic mass is 16.2. The first-order valence-corrected chi connectivity index (χ1v) is 7.82. The topological polar surface area (TPSA) is 23.6 Å². The lowest BCUT2D eigenvalue weighted by atomic mass is 10.1. The number of amides is 1. The van der Waals surface area contributed by atoms with Crippen LogP contribution < -0.4 is 4.90 Å². The monoisotopic (exact) mass is 294 g/mol. The number of aryl methyl sites for hydroxylation is 1. The normalized spacial score (nSPS) is 15.0. The van der Waals surface area contributed by atoms with Crippen LogP contribution >= 0.6 is 0 Å². The van der Waals surface area contributed by atoms with Crippen LogP contribution in [0.3, 0.4) is 0 Å². The van der Waals surface area contributed by atoms with Crippen LogP contribution in [-0.2, 0) is 0 Å². The van der Waals surface area contributed by atoms with Crippen LogP contribution in [0.1, 0.15) is 21.5 Å². The molecule has 2 aromatic rings. The largest absolute Gasteiger partial charge is 0.368 e. The number of hydrogen-bond acceptors (Lipinski definition) is 2. The van der Waals surface area contributed by atoms with Gasteiger partial charge in [-0.25, -0.2) is 0 Å². The Hall–Kier alpha value is -2.29. The van der Waals surface area contributed by atoms with Gasteiger partial charge in [-0.3, -0.25) is 4.79 Å². The van der Waals surface area contributed by atoms with Gasteiger partial charge in [-0.05, 0) is 43.2 Å². The van der Waals surface area contributed by atoms with Gasteiger partial charge in [-0.1, -0.05) is 30.3 Å². The number of nitrogens with zero attached hydrogens (tertiary/aromatic N) is 2. The van der Waals surface area contributed by atoms with Crippen molar-refractivity contribution in [1.82, 2.24) is 4.90 Å². The Morgan fingerprint density at radius 2 is 1.55 bits per heavy atom. The Balaban J connectivity index is 1.68. The van der Waals surface area contributed by atoms with Gasteiger partial charge in [-0.2, -0.15) is 0 Å². The van der Waals surface area contributed by atoms with Gasteiger partial charge in [0.05, 0.1) is 0 Å². The lowest BCUT2D eigenvalue weighted by Gasteiger charge is -2.37. The van der Waals surface area contributed by atoms with E-state index in [2.05, 4.69) is 36.9 Å².